The number of hydrogen-bond acceptors (Lipinski definition) is 4. The normalized spacial score (nSPS) is 11.2. The van der Waals surface area contributed by atoms with Crippen LogP contribution in [0.4, 0.5) is 5.69 Å². The SMILES string of the molecule is Cc1nc(C)c(CNc2ccc(-c3cn4cccc(C)c4n3)cc2)s1. The second-order valence-corrected chi connectivity index (χ2v) is 7.51. The third kappa shape index (κ3) is 3.15. The minimum absolute atomic E-state index is 0.810. The molecule has 1 aromatic carbocycles. The predicted octanol–water partition coefficient (Wildman–Crippen LogP) is 5.00. The van der Waals surface area contributed by atoms with Gasteiger partial charge >= 0.3 is 0 Å². The molecule has 0 aliphatic carbocycles. The zero-order chi connectivity index (χ0) is 17.4. The highest BCUT2D eigenvalue weighted by atomic mass is 32.1. The molecule has 3 aromatic heterocycles. The number of anilines is 1. The number of hydrogen-bond donors (Lipinski definition) is 1. The molecule has 0 bridgehead atoms. The zero-order valence-electron chi connectivity index (χ0n) is 14.6. The van der Waals surface area contributed by atoms with Crippen molar-refractivity contribution in [1.82, 2.24) is 14.4 Å². The van der Waals surface area contributed by atoms with Crippen LogP contribution in [-0.4, -0.2) is 14.4 Å². The van der Waals surface area contributed by atoms with Gasteiger partial charge in [-0.3, -0.25) is 0 Å². The van der Waals surface area contributed by atoms with E-state index in [2.05, 4.69) is 65.1 Å². The van der Waals surface area contributed by atoms with Crippen LogP contribution >= 0.6 is 11.3 Å². The van der Waals surface area contributed by atoms with Gasteiger partial charge < -0.3 is 9.72 Å². The van der Waals surface area contributed by atoms with Gasteiger partial charge in [0.05, 0.1) is 22.9 Å². The molecular weight excluding hydrogens is 328 g/mol. The Labute approximate surface area is 151 Å². The number of imidazole rings is 1. The minimum atomic E-state index is 0.810. The highest BCUT2D eigenvalue weighted by Crippen LogP contribution is 2.23. The third-order valence-corrected chi connectivity index (χ3v) is 5.38. The molecule has 4 rings (SSSR count). The van der Waals surface area contributed by atoms with Gasteiger partial charge in [0.2, 0.25) is 0 Å². The van der Waals surface area contributed by atoms with E-state index in [0.717, 1.165) is 39.8 Å². The standard InChI is InChI=1S/C20H20N4S/c1-13-5-4-10-24-12-18(23-20(13)24)16-6-8-17(9-7-16)21-11-19-14(2)22-15(3)25-19/h4-10,12,21H,11H2,1-3H3. The topological polar surface area (TPSA) is 42.2 Å². The maximum absolute atomic E-state index is 4.76. The van der Waals surface area contributed by atoms with Crippen molar-refractivity contribution in [3.05, 3.63) is 69.9 Å². The largest absolute Gasteiger partial charge is 0.380 e. The van der Waals surface area contributed by atoms with E-state index in [1.807, 2.05) is 19.2 Å². The lowest BCUT2D eigenvalue weighted by Crippen LogP contribution is -1.98. The maximum Gasteiger partial charge on any atom is 0.140 e. The second-order valence-electron chi connectivity index (χ2n) is 6.22. The minimum Gasteiger partial charge on any atom is -0.380 e. The van der Waals surface area contributed by atoms with Crippen molar-refractivity contribution in [2.45, 2.75) is 27.3 Å². The molecule has 0 saturated heterocycles. The first-order valence-electron chi connectivity index (χ1n) is 8.32. The highest BCUT2D eigenvalue weighted by molar-refractivity contribution is 7.11. The van der Waals surface area contributed by atoms with Gasteiger partial charge in [0, 0.05) is 28.5 Å². The summed E-state index contributed by atoms with van der Waals surface area (Å²) >= 11 is 1.75. The van der Waals surface area contributed by atoms with E-state index < -0.39 is 0 Å². The van der Waals surface area contributed by atoms with E-state index in [1.54, 1.807) is 11.3 Å². The van der Waals surface area contributed by atoms with Crippen LogP contribution in [0, 0.1) is 20.8 Å². The molecule has 0 radical (unpaired) electrons. The molecule has 4 aromatic rings. The Morgan fingerprint density at radius 2 is 1.84 bits per heavy atom. The average molecular weight is 348 g/mol. The van der Waals surface area contributed by atoms with E-state index in [-0.39, 0.29) is 0 Å². The molecule has 4 nitrogen and oxygen atoms in total. The van der Waals surface area contributed by atoms with E-state index in [0.29, 0.717) is 0 Å². The van der Waals surface area contributed by atoms with E-state index in [4.69, 9.17) is 4.98 Å². The molecule has 0 aliphatic heterocycles. The molecular formula is C20H20N4S. The Morgan fingerprint density at radius 3 is 2.52 bits per heavy atom. The number of thiazole rings is 1. The second kappa shape index (κ2) is 6.33. The number of pyridine rings is 1. The van der Waals surface area contributed by atoms with Gasteiger partial charge in [-0.2, -0.15) is 0 Å². The van der Waals surface area contributed by atoms with Crippen molar-refractivity contribution >= 4 is 22.7 Å². The molecule has 0 atom stereocenters. The van der Waals surface area contributed by atoms with Crippen LogP contribution in [0.5, 0.6) is 0 Å². The Bertz CT molecular complexity index is 1030. The summed E-state index contributed by atoms with van der Waals surface area (Å²) in [6.45, 7) is 7.01. The fraction of sp³-hybridized carbons (Fsp3) is 0.200. The first-order valence-corrected chi connectivity index (χ1v) is 9.13. The predicted molar refractivity (Wildman–Crippen MR) is 104 cm³/mol. The third-order valence-electron chi connectivity index (χ3n) is 4.31. The number of aryl methyl sites for hydroxylation is 3. The Hall–Kier alpha value is -2.66. The van der Waals surface area contributed by atoms with E-state index in [9.17, 15) is 0 Å². The molecule has 0 spiro atoms. The lowest BCUT2D eigenvalue weighted by atomic mass is 10.1. The number of rotatable bonds is 4. The fourth-order valence-corrected chi connectivity index (χ4v) is 3.85. The molecule has 0 aliphatic rings. The average Bonchev–Trinajstić information content (AvgIpc) is 3.17. The summed E-state index contributed by atoms with van der Waals surface area (Å²) in [5.41, 5.74) is 6.53. The van der Waals surface area contributed by atoms with Crippen molar-refractivity contribution in [2.75, 3.05) is 5.32 Å². The number of fused-ring (bicyclic) bond motifs is 1. The first kappa shape index (κ1) is 15.8. The molecule has 0 unspecified atom stereocenters. The van der Waals surface area contributed by atoms with Crippen molar-refractivity contribution in [1.29, 1.82) is 0 Å². The highest BCUT2D eigenvalue weighted by Gasteiger charge is 2.07. The Morgan fingerprint density at radius 1 is 1.04 bits per heavy atom. The quantitative estimate of drug-likeness (QED) is 0.564. The van der Waals surface area contributed by atoms with Crippen LogP contribution < -0.4 is 5.32 Å². The summed E-state index contributed by atoms with van der Waals surface area (Å²) in [5.74, 6) is 0. The molecule has 5 heteroatoms. The zero-order valence-corrected chi connectivity index (χ0v) is 15.4. The monoisotopic (exact) mass is 348 g/mol. The van der Waals surface area contributed by atoms with Crippen molar-refractivity contribution in [3.63, 3.8) is 0 Å². The molecule has 25 heavy (non-hydrogen) atoms. The van der Waals surface area contributed by atoms with Crippen molar-refractivity contribution < 1.29 is 0 Å². The summed E-state index contributed by atoms with van der Waals surface area (Å²) in [6.07, 6.45) is 4.11. The van der Waals surface area contributed by atoms with Crippen molar-refractivity contribution in [2.24, 2.45) is 0 Å². The summed E-state index contributed by atoms with van der Waals surface area (Å²) in [4.78, 5) is 10.5. The number of nitrogens with zero attached hydrogens (tertiary/aromatic N) is 3. The van der Waals surface area contributed by atoms with Gasteiger partial charge in [-0.05, 0) is 44.5 Å². The van der Waals surface area contributed by atoms with Crippen LogP contribution in [0.1, 0.15) is 21.1 Å². The van der Waals surface area contributed by atoms with Crippen LogP contribution in [0.25, 0.3) is 16.9 Å². The molecule has 0 amide bonds. The van der Waals surface area contributed by atoms with Gasteiger partial charge in [0.15, 0.2) is 0 Å². The number of nitrogens with one attached hydrogen (secondary N) is 1. The summed E-state index contributed by atoms with van der Waals surface area (Å²) < 4.78 is 2.08. The van der Waals surface area contributed by atoms with Crippen LogP contribution in [0.15, 0.2) is 48.8 Å². The van der Waals surface area contributed by atoms with E-state index in [1.165, 1.54) is 10.4 Å². The molecule has 1 N–H and O–H groups in total. The Balaban J connectivity index is 1.53. The van der Waals surface area contributed by atoms with Gasteiger partial charge in [-0.1, -0.05) is 18.2 Å². The smallest absolute Gasteiger partial charge is 0.140 e. The maximum atomic E-state index is 4.76. The van der Waals surface area contributed by atoms with Gasteiger partial charge in [0.25, 0.3) is 0 Å². The van der Waals surface area contributed by atoms with Gasteiger partial charge in [0.1, 0.15) is 5.65 Å². The van der Waals surface area contributed by atoms with Gasteiger partial charge in [-0.15, -0.1) is 11.3 Å². The molecule has 3 heterocycles. The fourth-order valence-electron chi connectivity index (χ4n) is 2.97. The Kier molecular flexibility index (Phi) is 4.01. The van der Waals surface area contributed by atoms with Crippen LogP contribution in [-0.2, 0) is 6.54 Å². The lowest BCUT2D eigenvalue weighted by Gasteiger charge is -2.06. The van der Waals surface area contributed by atoms with Gasteiger partial charge in [-0.25, -0.2) is 9.97 Å². The lowest BCUT2D eigenvalue weighted by molar-refractivity contribution is 1.11. The summed E-state index contributed by atoms with van der Waals surface area (Å²) in [6, 6.07) is 12.6. The first-order chi connectivity index (χ1) is 12.1. The molecule has 0 fully saturated rings. The van der Waals surface area contributed by atoms with E-state index >= 15 is 0 Å². The van der Waals surface area contributed by atoms with Crippen molar-refractivity contribution in [3.8, 4) is 11.3 Å². The van der Waals surface area contributed by atoms with Crippen LogP contribution in [0.2, 0.25) is 0 Å². The summed E-state index contributed by atoms with van der Waals surface area (Å²) in [7, 11) is 0. The summed E-state index contributed by atoms with van der Waals surface area (Å²) in [5, 5.41) is 4.59. The number of benzene rings is 1. The molecule has 126 valence electrons. The molecule has 0 saturated carbocycles. The number of aromatic nitrogens is 3. The van der Waals surface area contributed by atoms with Crippen LogP contribution in [0.3, 0.4) is 0 Å².